The van der Waals surface area contributed by atoms with Gasteiger partial charge in [0.2, 0.25) is 0 Å². The summed E-state index contributed by atoms with van der Waals surface area (Å²) in [6.07, 6.45) is 1.12. The molecular formula is C22H38NO6Si+. The fourth-order valence-corrected chi connectivity index (χ4v) is 5.57. The first-order valence-electron chi connectivity index (χ1n) is 11.0. The number of cyclic esters (lactones) is 1. The zero-order valence-electron chi connectivity index (χ0n) is 19.5. The van der Waals surface area contributed by atoms with Crippen LogP contribution in [0.3, 0.4) is 0 Å². The lowest BCUT2D eigenvalue weighted by molar-refractivity contribution is -0.467. The van der Waals surface area contributed by atoms with Crippen LogP contribution in [0.1, 0.15) is 40.0 Å². The van der Waals surface area contributed by atoms with E-state index in [1.165, 1.54) is 0 Å². The molecule has 0 radical (unpaired) electrons. The number of esters is 3. The highest BCUT2D eigenvalue weighted by Gasteiger charge is 2.51. The minimum Gasteiger partial charge on any atom is -0.465 e. The van der Waals surface area contributed by atoms with Gasteiger partial charge in [-0.2, -0.15) is 0 Å². The monoisotopic (exact) mass is 440 g/mol. The van der Waals surface area contributed by atoms with Crippen molar-refractivity contribution in [2.24, 2.45) is 23.2 Å². The highest BCUT2D eigenvalue weighted by atomic mass is 28.3. The molecule has 1 aliphatic heterocycles. The van der Waals surface area contributed by atoms with E-state index in [9.17, 15) is 14.4 Å². The van der Waals surface area contributed by atoms with Gasteiger partial charge < -0.3 is 14.2 Å². The zero-order chi connectivity index (χ0) is 22.6. The molecule has 0 aromatic heterocycles. The second-order valence-electron chi connectivity index (χ2n) is 10.2. The zero-order valence-corrected chi connectivity index (χ0v) is 20.7. The van der Waals surface area contributed by atoms with E-state index in [-0.39, 0.29) is 29.9 Å². The number of hydrogen-bond acceptors (Lipinski definition) is 6. The third-order valence-corrected chi connectivity index (χ3v) is 7.45. The summed E-state index contributed by atoms with van der Waals surface area (Å²) in [5, 5.41) is 0. The summed E-state index contributed by atoms with van der Waals surface area (Å²) in [4.78, 5) is 37.9. The molecule has 170 valence electrons. The molecule has 7 nitrogen and oxygen atoms in total. The molecule has 2 fully saturated rings. The molecule has 30 heavy (non-hydrogen) atoms. The van der Waals surface area contributed by atoms with Crippen LogP contribution in [0.4, 0.5) is 0 Å². The van der Waals surface area contributed by atoms with Gasteiger partial charge in [0.15, 0.2) is 0 Å². The summed E-state index contributed by atoms with van der Waals surface area (Å²) in [5.41, 5.74) is 0.165. The van der Waals surface area contributed by atoms with E-state index in [0.29, 0.717) is 25.2 Å². The number of carbonyl (C=O) groups excluding carboxylic acids is 3. The van der Waals surface area contributed by atoms with Gasteiger partial charge in [-0.15, -0.1) is 0 Å². The van der Waals surface area contributed by atoms with Gasteiger partial charge in [0, 0.05) is 14.7 Å². The third-order valence-electron chi connectivity index (χ3n) is 5.89. The van der Waals surface area contributed by atoms with Crippen LogP contribution in [-0.4, -0.2) is 70.4 Å². The first-order chi connectivity index (χ1) is 13.9. The van der Waals surface area contributed by atoms with E-state index in [1.54, 1.807) is 4.58 Å². The number of nitrogens with zero attached hydrogens (tertiary/aromatic N) is 1. The van der Waals surface area contributed by atoms with E-state index >= 15 is 0 Å². The van der Waals surface area contributed by atoms with E-state index in [4.69, 9.17) is 14.2 Å². The molecule has 4 atom stereocenters. The van der Waals surface area contributed by atoms with Crippen LogP contribution < -0.4 is 0 Å². The first-order valence-corrected chi connectivity index (χ1v) is 14.1. The molecular weight excluding hydrogens is 402 g/mol. The molecule has 0 N–H and O–H groups in total. The fourth-order valence-electron chi connectivity index (χ4n) is 4.59. The lowest BCUT2D eigenvalue weighted by atomic mass is 9.72. The lowest BCUT2D eigenvalue weighted by Crippen LogP contribution is -2.44. The van der Waals surface area contributed by atoms with Crippen molar-refractivity contribution in [3.05, 3.63) is 0 Å². The predicted molar refractivity (Wildman–Crippen MR) is 116 cm³/mol. The Morgan fingerprint density at radius 3 is 2.43 bits per heavy atom. The SMILES string of the molecule is C[N+](C)=C(C(=O)OC1CC(C(=O)OCCC[SiH](C)C)C2COC(=O)C2C1)C(C)(C)C. The second-order valence-corrected chi connectivity index (χ2v) is 13.6. The van der Waals surface area contributed by atoms with Crippen molar-refractivity contribution >= 4 is 32.4 Å². The Morgan fingerprint density at radius 2 is 1.87 bits per heavy atom. The molecule has 2 aliphatic rings. The topological polar surface area (TPSA) is 81.9 Å². The number of rotatable bonds is 7. The molecule has 1 aliphatic carbocycles. The van der Waals surface area contributed by atoms with Crippen molar-refractivity contribution in [3.63, 3.8) is 0 Å². The van der Waals surface area contributed by atoms with Crippen molar-refractivity contribution in [1.29, 1.82) is 0 Å². The second kappa shape index (κ2) is 10.1. The smallest absolute Gasteiger partial charge is 0.399 e. The molecule has 4 unspecified atom stereocenters. The Labute approximate surface area is 181 Å². The van der Waals surface area contributed by atoms with Crippen molar-refractivity contribution in [1.82, 2.24) is 0 Å². The molecule has 0 amide bonds. The number of fused-ring (bicyclic) bond motifs is 1. The summed E-state index contributed by atoms with van der Waals surface area (Å²) < 4.78 is 18.3. The van der Waals surface area contributed by atoms with Crippen LogP contribution in [0.5, 0.6) is 0 Å². The molecule has 8 heteroatoms. The molecule has 1 saturated carbocycles. The van der Waals surface area contributed by atoms with Gasteiger partial charge >= 0.3 is 17.9 Å². The molecule has 1 heterocycles. The highest BCUT2D eigenvalue weighted by Crippen LogP contribution is 2.41. The Hall–Kier alpha value is -1.70. The van der Waals surface area contributed by atoms with Crippen molar-refractivity contribution in [2.45, 2.75) is 65.3 Å². The van der Waals surface area contributed by atoms with Crippen molar-refractivity contribution < 1.29 is 33.2 Å². The molecule has 0 aromatic rings. The van der Waals surface area contributed by atoms with Gasteiger partial charge in [0.05, 0.1) is 30.5 Å². The summed E-state index contributed by atoms with van der Waals surface area (Å²) in [6, 6.07) is 1.13. The summed E-state index contributed by atoms with van der Waals surface area (Å²) in [6.45, 7) is 11.0. The Bertz CT molecular complexity index is 692. The van der Waals surface area contributed by atoms with E-state index in [2.05, 4.69) is 13.1 Å². The minimum absolute atomic E-state index is 0.195. The van der Waals surface area contributed by atoms with Gasteiger partial charge in [-0.1, -0.05) is 19.1 Å². The fraction of sp³-hybridized carbons (Fsp3) is 0.818. The summed E-state index contributed by atoms with van der Waals surface area (Å²) >= 11 is 0. The van der Waals surface area contributed by atoms with Gasteiger partial charge in [0.25, 0.3) is 5.71 Å². The number of carbonyl (C=O) groups is 3. The average Bonchev–Trinajstić information content (AvgIpc) is 2.97. The van der Waals surface area contributed by atoms with Crippen molar-refractivity contribution in [3.8, 4) is 0 Å². The largest absolute Gasteiger partial charge is 0.465 e. The normalized spacial score (nSPS) is 26.1. The Balaban J connectivity index is 2.09. The number of ether oxygens (including phenoxy) is 3. The highest BCUT2D eigenvalue weighted by molar-refractivity contribution is 6.55. The minimum atomic E-state index is -0.674. The van der Waals surface area contributed by atoms with Crippen LogP contribution in [0.25, 0.3) is 0 Å². The van der Waals surface area contributed by atoms with Gasteiger partial charge in [0.1, 0.15) is 20.2 Å². The van der Waals surface area contributed by atoms with Crippen molar-refractivity contribution in [2.75, 3.05) is 27.3 Å². The molecule has 2 rings (SSSR count). The molecule has 0 bridgehead atoms. The molecule has 0 aromatic carbocycles. The Kier molecular flexibility index (Phi) is 8.25. The van der Waals surface area contributed by atoms with E-state index in [0.717, 1.165) is 12.5 Å². The quantitative estimate of drug-likeness (QED) is 0.151. The third kappa shape index (κ3) is 6.15. The van der Waals surface area contributed by atoms with Gasteiger partial charge in [-0.25, -0.2) is 9.37 Å². The van der Waals surface area contributed by atoms with Crippen LogP contribution in [0, 0.1) is 23.2 Å². The summed E-state index contributed by atoms with van der Waals surface area (Å²) in [7, 11) is 2.95. The molecule has 1 saturated heterocycles. The first kappa shape index (κ1) is 24.6. The van der Waals surface area contributed by atoms with Crippen LogP contribution in [0.2, 0.25) is 19.1 Å². The van der Waals surface area contributed by atoms with E-state index < -0.39 is 32.7 Å². The maximum atomic E-state index is 12.9. The maximum Gasteiger partial charge on any atom is 0.399 e. The number of hydrogen-bond donors (Lipinski definition) is 0. The maximum absolute atomic E-state index is 12.9. The molecule has 0 spiro atoms. The van der Waals surface area contributed by atoms with Gasteiger partial charge in [-0.05, 0) is 40.0 Å². The lowest BCUT2D eigenvalue weighted by Gasteiger charge is -2.34. The van der Waals surface area contributed by atoms with Crippen LogP contribution in [0.15, 0.2) is 0 Å². The van der Waals surface area contributed by atoms with Crippen LogP contribution in [-0.2, 0) is 28.6 Å². The Morgan fingerprint density at radius 1 is 1.20 bits per heavy atom. The van der Waals surface area contributed by atoms with Crippen LogP contribution >= 0.6 is 0 Å². The van der Waals surface area contributed by atoms with E-state index in [1.807, 2.05) is 34.9 Å². The average molecular weight is 441 g/mol. The standard InChI is InChI=1S/C22H38NO6Si/c1-22(2,3)18(23(4)5)21(26)29-14-11-15(17-13-28-20(25)16(17)12-14)19(24)27-9-8-10-30(6)7/h14-17,30H,8-13H2,1-7H3/q+1. The summed E-state index contributed by atoms with van der Waals surface area (Å²) in [5.74, 6) is -2.12. The van der Waals surface area contributed by atoms with Gasteiger partial charge in [-0.3, -0.25) is 9.59 Å². The predicted octanol–water partition coefficient (Wildman–Crippen LogP) is 2.28.